The minimum absolute atomic E-state index is 0.825. The fourth-order valence-electron chi connectivity index (χ4n) is 3.32. The van der Waals surface area contributed by atoms with Crippen molar-refractivity contribution < 1.29 is 0 Å². The van der Waals surface area contributed by atoms with Gasteiger partial charge in [-0.2, -0.15) is 0 Å². The van der Waals surface area contributed by atoms with Crippen LogP contribution in [0.2, 0.25) is 0 Å². The highest BCUT2D eigenvalue weighted by Crippen LogP contribution is 2.37. The van der Waals surface area contributed by atoms with Gasteiger partial charge in [-0.3, -0.25) is 0 Å². The molecule has 0 saturated heterocycles. The van der Waals surface area contributed by atoms with Gasteiger partial charge < -0.3 is 0 Å². The molecule has 0 atom stereocenters. The molecule has 99 valence electrons. The topological polar surface area (TPSA) is 0 Å². The van der Waals surface area contributed by atoms with Gasteiger partial charge in [-0.15, -0.1) is 0 Å². The zero-order valence-corrected chi connectivity index (χ0v) is 11.8. The Morgan fingerprint density at radius 3 is 2.39 bits per heavy atom. The van der Waals surface area contributed by atoms with Gasteiger partial charge in [0.15, 0.2) is 0 Å². The van der Waals surface area contributed by atoms with Gasteiger partial charge in [0.1, 0.15) is 0 Å². The Labute approximate surface area is 113 Å². The summed E-state index contributed by atoms with van der Waals surface area (Å²) in [5.74, 6) is 1.85. The molecule has 1 aromatic carbocycles. The molecular formula is C18H27. The molecule has 0 nitrogen and oxygen atoms in total. The third-order valence-corrected chi connectivity index (χ3v) is 4.53. The van der Waals surface area contributed by atoms with Crippen molar-refractivity contribution in [3.63, 3.8) is 0 Å². The van der Waals surface area contributed by atoms with Gasteiger partial charge in [0.2, 0.25) is 0 Å². The summed E-state index contributed by atoms with van der Waals surface area (Å²) in [5, 5.41) is 0. The molecule has 1 aliphatic carbocycles. The molecule has 0 unspecified atom stereocenters. The highest BCUT2D eigenvalue weighted by atomic mass is 14.3. The summed E-state index contributed by atoms with van der Waals surface area (Å²) < 4.78 is 0. The van der Waals surface area contributed by atoms with Crippen molar-refractivity contribution >= 4 is 0 Å². The Morgan fingerprint density at radius 2 is 1.72 bits per heavy atom. The van der Waals surface area contributed by atoms with Crippen molar-refractivity contribution in [2.45, 2.75) is 70.6 Å². The molecule has 0 aromatic heterocycles. The summed E-state index contributed by atoms with van der Waals surface area (Å²) in [6.45, 7) is 2.29. The molecule has 0 N–H and O–H groups in total. The van der Waals surface area contributed by atoms with Crippen molar-refractivity contribution in [1.29, 1.82) is 0 Å². The van der Waals surface area contributed by atoms with Gasteiger partial charge in [-0.05, 0) is 49.1 Å². The van der Waals surface area contributed by atoms with Gasteiger partial charge in [-0.1, -0.05) is 63.3 Å². The van der Waals surface area contributed by atoms with Crippen molar-refractivity contribution in [2.75, 3.05) is 0 Å². The van der Waals surface area contributed by atoms with E-state index < -0.39 is 0 Å². The van der Waals surface area contributed by atoms with Crippen LogP contribution in [0.25, 0.3) is 0 Å². The predicted octanol–water partition coefficient (Wildman–Crippen LogP) is 5.73. The first-order valence-electron chi connectivity index (χ1n) is 7.86. The van der Waals surface area contributed by atoms with Gasteiger partial charge in [0.05, 0.1) is 0 Å². The fraction of sp³-hybridized carbons (Fsp3) is 0.667. The normalized spacial score (nSPS) is 24.1. The standard InChI is InChI=1S/C18H27/c1-2-3-4-6-9-16-12-14-18(15-13-16)17-10-7-5-8-11-17/h7-8,10-11,16,18H,2-4,6,9,12-15H2,1H3. The minimum atomic E-state index is 0.825. The lowest BCUT2D eigenvalue weighted by atomic mass is 9.77. The summed E-state index contributed by atoms with van der Waals surface area (Å²) in [6, 6.07) is 11.8. The minimum Gasteiger partial charge on any atom is -0.0654 e. The third kappa shape index (κ3) is 4.15. The fourth-order valence-corrected chi connectivity index (χ4v) is 3.32. The maximum Gasteiger partial charge on any atom is -0.0162 e. The van der Waals surface area contributed by atoms with Crippen LogP contribution in [0.1, 0.15) is 76.2 Å². The van der Waals surface area contributed by atoms with Crippen LogP contribution in [0.5, 0.6) is 0 Å². The van der Waals surface area contributed by atoms with E-state index in [2.05, 4.69) is 37.3 Å². The van der Waals surface area contributed by atoms with E-state index in [-0.39, 0.29) is 0 Å². The lowest BCUT2D eigenvalue weighted by molar-refractivity contribution is 0.302. The first kappa shape index (κ1) is 13.6. The summed E-state index contributed by atoms with van der Waals surface area (Å²) in [5.41, 5.74) is 1.54. The Bertz CT molecular complexity index is 306. The van der Waals surface area contributed by atoms with Crippen LogP contribution in [0.4, 0.5) is 0 Å². The van der Waals surface area contributed by atoms with Crippen molar-refractivity contribution in [3.8, 4) is 0 Å². The number of rotatable bonds is 6. The van der Waals surface area contributed by atoms with Gasteiger partial charge in [0, 0.05) is 0 Å². The molecule has 1 aromatic rings. The van der Waals surface area contributed by atoms with E-state index in [1.54, 1.807) is 0 Å². The largest absolute Gasteiger partial charge is 0.0654 e. The Balaban J connectivity index is 1.68. The van der Waals surface area contributed by atoms with Gasteiger partial charge in [0.25, 0.3) is 0 Å². The lowest BCUT2D eigenvalue weighted by Crippen LogP contribution is -2.13. The molecule has 1 fully saturated rings. The molecule has 18 heavy (non-hydrogen) atoms. The quantitative estimate of drug-likeness (QED) is 0.560. The lowest BCUT2D eigenvalue weighted by Gasteiger charge is -2.28. The molecule has 0 heterocycles. The zero-order chi connectivity index (χ0) is 12.6. The van der Waals surface area contributed by atoms with E-state index in [4.69, 9.17) is 0 Å². The molecule has 0 bridgehead atoms. The van der Waals surface area contributed by atoms with Crippen LogP contribution in [-0.4, -0.2) is 0 Å². The maximum atomic E-state index is 3.12. The molecule has 1 radical (unpaired) electrons. The highest BCUT2D eigenvalue weighted by molar-refractivity contribution is 5.19. The molecule has 0 spiro atoms. The number of hydrogen-bond acceptors (Lipinski definition) is 0. The number of hydrogen-bond donors (Lipinski definition) is 0. The summed E-state index contributed by atoms with van der Waals surface area (Å²) >= 11 is 0. The van der Waals surface area contributed by atoms with Crippen LogP contribution in [0.3, 0.4) is 0 Å². The molecule has 2 rings (SSSR count). The number of unbranched alkanes of at least 4 members (excludes halogenated alkanes) is 3. The predicted molar refractivity (Wildman–Crippen MR) is 78.7 cm³/mol. The monoisotopic (exact) mass is 243 g/mol. The van der Waals surface area contributed by atoms with E-state index in [1.807, 2.05) is 0 Å². The van der Waals surface area contributed by atoms with Crippen LogP contribution in [0, 0.1) is 12.0 Å². The molecule has 0 aliphatic heterocycles. The molecule has 0 heteroatoms. The second kappa shape index (κ2) is 7.61. The average Bonchev–Trinajstić information content (AvgIpc) is 2.45. The summed E-state index contributed by atoms with van der Waals surface area (Å²) in [4.78, 5) is 0. The van der Waals surface area contributed by atoms with E-state index in [9.17, 15) is 0 Å². The smallest absolute Gasteiger partial charge is 0.0162 e. The maximum absolute atomic E-state index is 3.12. The average molecular weight is 243 g/mol. The first-order valence-corrected chi connectivity index (χ1v) is 7.86. The van der Waals surface area contributed by atoms with Crippen molar-refractivity contribution in [1.82, 2.24) is 0 Å². The SMILES string of the molecule is CCCCCCC1CCC(c2cc[c]cc2)CC1. The van der Waals surface area contributed by atoms with Gasteiger partial charge in [-0.25, -0.2) is 0 Å². The van der Waals surface area contributed by atoms with Crippen LogP contribution in [-0.2, 0) is 0 Å². The Kier molecular flexibility index (Phi) is 5.77. The van der Waals surface area contributed by atoms with E-state index >= 15 is 0 Å². The first-order chi connectivity index (χ1) is 8.90. The van der Waals surface area contributed by atoms with Crippen molar-refractivity contribution in [3.05, 3.63) is 35.9 Å². The van der Waals surface area contributed by atoms with Crippen LogP contribution < -0.4 is 0 Å². The third-order valence-electron chi connectivity index (χ3n) is 4.53. The van der Waals surface area contributed by atoms with E-state index in [0.29, 0.717) is 0 Å². The Hall–Kier alpha value is -0.780. The number of benzene rings is 1. The second-order valence-electron chi connectivity index (χ2n) is 5.90. The van der Waals surface area contributed by atoms with Crippen LogP contribution in [0.15, 0.2) is 24.3 Å². The Morgan fingerprint density at radius 1 is 1.00 bits per heavy atom. The van der Waals surface area contributed by atoms with Gasteiger partial charge >= 0.3 is 0 Å². The van der Waals surface area contributed by atoms with E-state index in [0.717, 1.165) is 11.8 Å². The second-order valence-corrected chi connectivity index (χ2v) is 5.90. The highest BCUT2D eigenvalue weighted by Gasteiger charge is 2.21. The van der Waals surface area contributed by atoms with E-state index in [1.165, 1.54) is 63.4 Å². The van der Waals surface area contributed by atoms with Crippen molar-refractivity contribution in [2.24, 2.45) is 5.92 Å². The molecule has 1 saturated carbocycles. The summed E-state index contributed by atoms with van der Waals surface area (Å²) in [7, 11) is 0. The molecule has 0 amide bonds. The zero-order valence-electron chi connectivity index (χ0n) is 11.8. The molecule has 1 aliphatic rings. The summed E-state index contributed by atoms with van der Waals surface area (Å²) in [6.07, 6.45) is 12.9. The molecular weight excluding hydrogens is 216 g/mol. The van der Waals surface area contributed by atoms with Crippen LogP contribution >= 0.6 is 0 Å².